The van der Waals surface area contributed by atoms with Crippen LogP contribution in [0.5, 0.6) is 0 Å². The lowest BCUT2D eigenvalue weighted by atomic mass is 10.2. The van der Waals surface area contributed by atoms with E-state index >= 15 is 0 Å². The quantitative estimate of drug-likeness (QED) is 0.426. The van der Waals surface area contributed by atoms with Gasteiger partial charge in [-0.15, -0.1) is 11.8 Å². The fraction of sp³-hybridized carbons (Fsp3) is 0.400. The van der Waals surface area contributed by atoms with Crippen LogP contribution in [0.15, 0.2) is 18.2 Å². The van der Waals surface area contributed by atoms with Gasteiger partial charge in [-0.2, -0.15) is 9.57 Å². The molecule has 0 amide bonds. The molecule has 0 aliphatic rings. The summed E-state index contributed by atoms with van der Waals surface area (Å²) in [6.45, 7) is 1.76. The van der Waals surface area contributed by atoms with Gasteiger partial charge < -0.3 is 0 Å². The Balaban J connectivity index is 2.92. The molecule has 1 rings (SSSR count). The molecule has 0 bridgehead atoms. The maximum absolute atomic E-state index is 12.5. The first-order valence-corrected chi connectivity index (χ1v) is 8.96. The second kappa shape index (κ2) is 9.02. The summed E-state index contributed by atoms with van der Waals surface area (Å²) in [5.74, 6) is 5.29. The maximum atomic E-state index is 12.5. The molecule has 0 radical (unpaired) electrons. The van der Waals surface area contributed by atoms with Gasteiger partial charge in [-0.25, -0.2) is 8.42 Å². The summed E-state index contributed by atoms with van der Waals surface area (Å²) in [6.07, 6.45) is 1.15. The molecule has 22 heavy (non-hydrogen) atoms. The summed E-state index contributed by atoms with van der Waals surface area (Å²) >= 11 is 12.0. The third-order valence-corrected chi connectivity index (χ3v) is 5.38. The second-order valence-corrected chi connectivity index (χ2v) is 7.26. The largest absolute Gasteiger partial charge is 0.219 e. The lowest BCUT2D eigenvalue weighted by Gasteiger charge is -2.19. The van der Waals surface area contributed by atoms with E-state index in [0.717, 1.165) is 4.31 Å². The molecule has 4 nitrogen and oxygen atoms in total. The highest BCUT2D eigenvalue weighted by atomic mass is 35.5. The van der Waals surface area contributed by atoms with Gasteiger partial charge in [-0.1, -0.05) is 29.3 Å². The molecule has 0 saturated heterocycles. The smallest absolute Gasteiger partial charge is 0.212 e. The average molecular weight is 359 g/mol. The zero-order valence-corrected chi connectivity index (χ0v) is 14.5. The van der Waals surface area contributed by atoms with E-state index in [2.05, 4.69) is 11.8 Å². The number of hydrogen-bond donors (Lipinski definition) is 0. The summed E-state index contributed by atoms with van der Waals surface area (Å²) in [6, 6.07) is 6.70. The Bertz CT molecular complexity index is 695. The molecule has 0 spiro atoms. The number of nitriles is 1. The molecule has 1 aromatic carbocycles. The van der Waals surface area contributed by atoms with Crippen LogP contribution in [0.25, 0.3) is 0 Å². The highest BCUT2D eigenvalue weighted by molar-refractivity contribution is 7.88. The van der Waals surface area contributed by atoms with Crippen molar-refractivity contribution in [2.24, 2.45) is 0 Å². The van der Waals surface area contributed by atoms with Gasteiger partial charge in [0.1, 0.15) is 6.54 Å². The minimum atomic E-state index is -3.68. The van der Waals surface area contributed by atoms with Gasteiger partial charge in [-0.3, -0.25) is 0 Å². The minimum absolute atomic E-state index is 0.204. The number of benzene rings is 1. The van der Waals surface area contributed by atoms with Crippen molar-refractivity contribution in [2.45, 2.75) is 25.5 Å². The summed E-state index contributed by atoms with van der Waals surface area (Å²) < 4.78 is 26.1. The molecule has 0 fully saturated rings. The van der Waals surface area contributed by atoms with E-state index in [1.807, 2.05) is 6.07 Å². The molecule has 0 aromatic heterocycles. The predicted octanol–water partition coefficient (Wildman–Crippen LogP) is 3.45. The van der Waals surface area contributed by atoms with E-state index in [1.54, 1.807) is 25.1 Å². The predicted molar refractivity (Wildman–Crippen MR) is 89.0 cm³/mol. The Morgan fingerprint density at radius 3 is 2.45 bits per heavy atom. The van der Waals surface area contributed by atoms with Crippen LogP contribution in [0, 0.1) is 23.2 Å². The van der Waals surface area contributed by atoms with Crippen molar-refractivity contribution < 1.29 is 8.42 Å². The van der Waals surface area contributed by atoms with E-state index in [1.165, 1.54) is 0 Å². The monoisotopic (exact) mass is 358 g/mol. The zero-order valence-electron chi connectivity index (χ0n) is 12.1. The fourth-order valence-corrected chi connectivity index (χ4v) is 4.02. The molecule has 118 valence electrons. The van der Waals surface area contributed by atoms with Crippen LogP contribution in [0.2, 0.25) is 10.0 Å². The first-order chi connectivity index (χ1) is 10.4. The standard InChI is InChI=1S/C15H16Cl2N2O2S/c1-2-3-4-5-10-19(11-9-18)22(20,21)12-13-14(16)7-6-8-15(13)17/h6-8H,4-5,10-12H2,1H3. The first-order valence-electron chi connectivity index (χ1n) is 6.59. The zero-order chi connectivity index (χ0) is 16.6. The third-order valence-electron chi connectivity index (χ3n) is 2.91. The Labute approximate surface area is 141 Å². The van der Waals surface area contributed by atoms with E-state index in [9.17, 15) is 8.42 Å². The highest BCUT2D eigenvalue weighted by Crippen LogP contribution is 2.27. The number of unbranched alkanes of at least 4 members (excludes halogenated alkanes) is 1. The summed E-state index contributed by atoms with van der Waals surface area (Å²) in [7, 11) is -3.68. The topological polar surface area (TPSA) is 61.2 Å². The third kappa shape index (κ3) is 5.51. The van der Waals surface area contributed by atoms with Gasteiger partial charge >= 0.3 is 0 Å². The molecule has 0 aliphatic heterocycles. The molecular weight excluding hydrogens is 343 g/mol. The first kappa shape index (κ1) is 18.8. The molecule has 0 N–H and O–H groups in total. The molecular formula is C15H16Cl2N2O2S. The van der Waals surface area contributed by atoms with Crippen LogP contribution >= 0.6 is 23.2 Å². The number of rotatable bonds is 7. The van der Waals surface area contributed by atoms with Crippen LogP contribution in [-0.4, -0.2) is 25.8 Å². The van der Waals surface area contributed by atoms with E-state index in [-0.39, 0.29) is 18.8 Å². The molecule has 0 aliphatic carbocycles. The Hall–Kier alpha value is -1.24. The van der Waals surface area contributed by atoms with E-state index < -0.39 is 10.0 Å². The molecule has 1 aromatic rings. The van der Waals surface area contributed by atoms with Gasteiger partial charge in [0.05, 0.1) is 11.8 Å². The lowest BCUT2D eigenvalue weighted by molar-refractivity contribution is 0.439. The van der Waals surface area contributed by atoms with Crippen LogP contribution in [0.1, 0.15) is 25.3 Å². The van der Waals surface area contributed by atoms with Crippen molar-refractivity contribution >= 4 is 33.2 Å². The highest BCUT2D eigenvalue weighted by Gasteiger charge is 2.24. The average Bonchev–Trinajstić information content (AvgIpc) is 2.46. The lowest BCUT2D eigenvalue weighted by Crippen LogP contribution is -2.33. The molecule has 7 heteroatoms. The maximum Gasteiger partial charge on any atom is 0.219 e. The molecule has 0 saturated carbocycles. The number of nitrogens with zero attached hydrogens (tertiary/aromatic N) is 2. The van der Waals surface area contributed by atoms with Gasteiger partial charge in [0.2, 0.25) is 10.0 Å². The number of sulfonamides is 1. The van der Waals surface area contributed by atoms with E-state index in [0.29, 0.717) is 28.5 Å². The van der Waals surface area contributed by atoms with Gasteiger partial charge in [-0.05, 0) is 25.5 Å². The minimum Gasteiger partial charge on any atom is -0.212 e. The number of halogens is 2. The van der Waals surface area contributed by atoms with Gasteiger partial charge in [0.15, 0.2) is 0 Å². The van der Waals surface area contributed by atoms with Crippen molar-refractivity contribution in [2.75, 3.05) is 13.1 Å². The SMILES string of the molecule is CC#CCCCN(CC#N)S(=O)(=O)Cc1c(Cl)cccc1Cl. The second-order valence-electron chi connectivity index (χ2n) is 4.48. The summed E-state index contributed by atoms with van der Waals surface area (Å²) in [4.78, 5) is 0. The Kier molecular flexibility index (Phi) is 7.72. The summed E-state index contributed by atoms with van der Waals surface area (Å²) in [5, 5.41) is 9.43. The van der Waals surface area contributed by atoms with Crippen LogP contribution in [0.4, 0.5) is 0 Å². The summed E-state index contributed by atoms with van der Waals surface area (Å²) in [5.41, 5.74) is 0.349. The van der Waals surface area contributed by atoms with Crippen molar-refractivity contribution in [1.29, 1.82) is 5.26 Å². The molecule has 0 unspecified atom stereocenters. The van der Waals surface area contributed by atoms with Crippen molar-refractivity contribution in [3.05, 3.63) is 33.8 Å². The fourth-order valence-electron chi connectivity index (χ4n) is 1.81. The van der Waals surface area contributed by atoms with Crippen LogP contribution in [-0.2, 0) is 15.8 Å². The van der Waals surface area contributed by atoms with Crippen molar-refractivity contribution in [3.8, 4) is 17.9 Å². The van der Waals surface area contributed by atoms with Gasteiger partial charge in [0, 0.05) is 28.6 Å². The molecule has 0 heterocycles. The van der Waals surface area contributed by atoms with E-state index in [4.69, 9.17) is 28.5 Å². The normalized spacial score (nSPS) is 10.9. The Morgan fingerprint density at radius 2 is 1.91 bits per heavy atom. The van der Waals surface area contributed by atoms with Gasteiger partial charge in [0.25, 0.3) is 0 Å². The Morgan fingerprint density at radius 1 is 1.27 bits per heavy atom. The van der Waals surface area contributed by atoms with Crippen molar-refractivity contribution in [3.63, 3.8) is 0 Å². The van der Waals surface area contributed by atoms with Crippen LogP contribution < -0.4 is 0 Å². The van der Waals surface area contributed by atoms with Crippen molar-refractivity contribution in [1.82, 2.24) is 4.31 Å². The van der Waals surface area contributed by atoms with Crippen LogP contribution in [0.3, 0.4) is 0 Å². The molecule has 0 atom stereocenters. The number of hydrogen-bond acceptors (Lipinski definition) is 3.